The van der Waals surface area contributed by atoms with E-state index in [0.717, 1.165) is 0 Å². The quantitative estimate of drug-likeness (QED) is 0.424. The predicted octanol–water partition coefficient (Wildman–Crippen LogP) is -1.15. The lowest BCUT2D eigenvalue weighted by Gasteiger charge is -1.89. The first-order valence-electron chi connectivity index (χ1n) is 2.12. The molecule has 0 aliphatic carbocycles. The Hall–Kier alpha value is -1.06. The van der Waals surface area contributed by atoms with Crippen LogP contribution in [0.25, 0.3) is 0 Å². The van der Waals surface area contributed by atoms with Crippen molar-refractivity contribution in [3.05, 3.63) is 12.4 Å². The lowest BCUT2D eigenvalue weighted by molar-refractivity contribution is 1.25. The van der Waals surface area contributed by atoms with E-state index in [4.69, 9.17) is 13.6 Å². The van der Waals surface area contributed by atoms with Gasteiger partial charge in [-0.05, 0) is 0 Å². The van der Waals surface area contributed by atoms with Crippen molar-refractivity contribution in [2.45, 2.75) is 0 Å². The van der Waals surface area contributed by atoms with Gasteiger partial charge in [0.05, 0.1) is 6.20 Å². The lowest BCUT2D eigenvalue weighted by atomic mass is 10.1. The summed E-state index contributed by atoms with van der Waals surface area (Å²) < 4.78 is 0. The summed E-state index contributed by atoms with van der Waals surface area (Å²) in [6.45, 7) is 0. The molecule has 1 heterocycles. The Labute approximate surface area is 48.4 Å². The molecule has 0 bridgehead atoms. The van der Waals surface area contributed by atoms with E-state index in [1.807, 2.05) is 0 Å². The summed E-state index contributed by atoms with van der Waals surface area (Å²) in [5.74, 6) is 0.352. The molecule has 0 spiro atoms. The molecular weight excluding hydrogens is 101 g/mol. The van der Waals surface area contributed by atoms with Crippen LogP contribution in [0.2, 0.25) is 0 Å². The van der Waals surface area contributed by atoms with Gasteiger partial charge in [0.15, 0.2) is 0 Å². The number of hydrogen-bond acceptors (Lipinski definition) is 3. The van der Waals surface area contributed by atoms with Gasteiger partial charge in [-0.2, -0.15) is 0 Å². The van der Waals surface area contributed by atoms with Gasteiger partial charge in [-0.3, -0.25) is 4.98 Å². The summed E-state index contributed by atoms with van der Waals surface area (Å²) in [6, 6.07) is 0. The first-order chi connectivity index (χ1) is 3.79. The molecule has 8 heavy (non-hydrogen) atoms. The van der Waals surface area contributed by atoms with Crippen molar-refractivity contribution >= 4 is 19.3 Å². The molecule has 0 saturated carbocycles. The van der Waals surface area contributed by atoms with E-state index in [1.54, 1.807) is 0 Å². The zero-order valence-corrected chi connectivity index (χ0v) is 4.20. The highest BCUT2D eigenvalue weighted by atomic mass is 14.9. The summed E-state index contributed by atoms with van der Waals surface area (Å²) in [4.78, 5) is 7.34. The number of nitrogen functional groups attached to an aromatic ring is 1. The van der Waals surface area contributed by atoms with Gasteiger partial charge in [0.2, 0.25) is 0 Å². The smallest absolute Gasteiger partial charge is 0.144 e. The zero-order chi connectivity index (χ0) is 5.98. The minimum absolute atomic E-state index is 0.352. The number of rotatable bonds is 0. The summed E-state index contributed by atoms with van der Waals surface area (Å²) in [5.41, 5.74) is 5.56. The molecule has 0 unspecified atom stereocenters. The first-order valence-corrected chi connectivity index (χ1v) is 2.12. The number of anilines is 1. The largest absolute Gasteiger partial charge is 0.382 e. The van der Waals surface area contributed by atoms with Gasteiger partial charge in [0.25, 0.3) is 0 Å². The van der Waals surface area contributed by atoms with Gasteiger partial charge in [-0.15, -0.1) is 0 Å². The van der Waals surface area contributed by atoms with Crippen molar-refractivity contribution in [2.24, 2.45) is 0 Å². The van der Waals surface area contributed by atoms with Crippen LogP contribution in [0, 0.1) is 0 Å². The van der Waals surface area contributed by atoms with Crippen LogP contribution in [0.15, 0.2) is 12.4 Å². The summed E-state index contributed by atoms with van der Waals surface area (Å²) in [6.07, 6.45) is 2.88. The van der Waals surface area contributed by atoms with E-state index >= 15 is 0 Å². The van der Waals surface area contributed by atoms with Crippen LogP contribution < -0.4 is 11.3 Å². The molecule has 38 valence electrons. The number of nitrogens with zero attached hydrogens (tertiary/aromatic N) is 2. The number of hydrogen-bond donors (Lipinski definition) is 1. The van der Waals surface area contributed by atoms with Crippen LogP contribution in [0.4, 0.5) is 5.82 Å². The van der Waals surface area contributed by atoms with Gasteiger partial charge >= 0.3 is 0 Å². The Morgan fingerprint density at radius 3 is 2.62 bits per heavy atom. The average molecular weight is 105 g/mol. The first kappa shape index (κ1) is 5.09. The summed E-state index contributed by atoms with van der Waals surface area (Å²) in [5, 5.41) is 0. The van der Waals surface area contributed by atoms with Crippen molar-refractivity contribution in [3.8, 4) is 0 Å². The zero-order valence-electron chi connectivity index (χ0n) is 4.20. The van der Waals surface area contributed by atoms with Gasteiger partial charge < -0.3 is 5.73 Å². The maximum Gasteiger partial charge on any atom is 0.144 e. The van der Waals surface area contributed by atoms with Crippen LogP contribution in [0.1, 0.15) is 0 Å². The second-order valence-corrected chi connectivity index (χ2v) is 1.37. The molecule has 2 radical (unpaired) electrons. The summed E-state index contributed by atoms with van der Waals surface area (Å²) in [7, 11) is 5.20. The predicted molar refractivity (Wildman–Crippen MR) is 31.8 cm³/mol. The molecule has 0 aromatic carbocycles. The topological polar surface area (TPSA) is 51.8 Å². The van der Waals surface area contributed by atoms with Crippen molar-refractivity contribution in [3.63, 3.8) is 0 Å². The fourth-order valence-corrected chi connectivity index (χ4v) is 0.397. The summed E-state index contributed by atoms with van der Waals surface area (Å²) >= 11 is 0. The molecule has 0 aliphatic heterocycles. The number of nitrogens with two attached hydrogens (primary N) is 1. The maximum absolute atomic E-state index is 5.20. The third-order valence-corrected chi connectivity index (χ3v) is 0.672. The van der Waals surface area contributed by atoms with Crippen LogP contribution in [-0.2, 0) is 0 Å². The van der Waals surface area contributed by atoms with Crippen LogP contribution >= 0.6 is 0 Å². The fourth-order valence-electron chi connectivity index (χ4n) is 0.397. The minimum atomic E-state index is 0.352. The molecular formula is C4H4BN3. The maximum atomic E-state index is 5.20. The highest BCUT2D eigenvalue weighted by molar-refractivity contribution is 6.30. The molecule has 0 aliphatic rings. The Bertz CT molecular complexity index is 171. The van der Waals surface area contributed by atoms with Gasteiger partial charge in [-0.1, -0.05) is 0 Å². The van der Waals surface area contributed by atoms with Crippen molar-refractivity contribution < 1.29 is 0 Å². The van der Waals surface area contributed by atoms with E-state index in [0.29, 0.717) is 11.4 Å². The molecule has 1 aromatic rings. The number of aromatic nitrogens is 2. The molecule has 4 heteroatoms. The van der Waals surface area contributed by atoms with E-state index in [2.05, 4.69) is 9.97 Å². The van der Waals surface area contributed by atoms with Crippen molar-refractivity contribution in [2.75, 3.05) is 5.73 Å². The molecule has 0 amide bonds. The lowest BCUT2D eigenvalue weighted by Crippen LogP contribution is -2.10. The van der Waals surface area contributed by atoms with E-state index < -0.39 is 0 Å². The average Bonchev–Trinajstić information content (AvgIpc) is 1.64. The van der Waals surface area contributed by atoms with Gasteiger partial charge in [0, 0.05) is 11.8 Å². The van der Waals surface area contributed by atoms with Crippen LogP contribution in [0.3, 0.4) is 0 Å². The van der Waals surface area contributed by atoms with E-state index in [-0.39, 0.29) is 0 Å². The molecule has 3 nitrogen and oxygen atoms in total. The SMILES string of the molecule is [B]c1cncc(N)n1. The van der Waals surface area contributed by atoms with E-state index in [9.17, 15) is 0 Å². The van der Waals surface area contributed by atoms with Crippen LogP contribution in [-0.4, -0.2) is 17.8 Å². The molecule has 0 atom stereocenters. The second-order valence-electron chi connectivity index (χ2n) is 1.37. The standard InChI is InChI=1S/C4H4BN3/c5-3-1-7-2-4(6)8-3/h1-2H,(H2,6,8). The third kappa shape index (κ3) is 0.962. The Morgan fingerprint density at radius 2 is 2.25 bits per heavy atom. The third-order valence-electron chi connectivity index (χ3n) is 0.672. The monoisotopic (exact) mass is 105 g/mol. The Balaban J connectivity index is 3.08. The van der Waals surface area contributed by atoms with Crippen LogP contribution in [0.5, 0.6) is 0 Å². The van der Waals surface area contributed by atoms with Gasteiger partial charge in [0.1, 0.15) is 13.7 Å². The van der Waals surface area contributed by atoms with Gasteiger partial charge in [-0.25, -0.2) is 4.98 Å². The van der Waals surface area contributed by atoms with Crippen molar-refractivity contribution in [1.29, 1.82) is 0 Å². The second kappa shape index (κ2) is 1.82. The molecule has 0 fully saturated rings. The molecule has 1 aromatic heterocycles. The van der Waals surface area contributed by atoms with E-state index in [1.165, 1.54) is 12.4 Å². The molecule has 1 rings (SSSR count). The highest BCUT2D eigenvalue weighted by Crippen LogP contribution is 1.82. The molecule has 2 N–H and O–H groups in total. The normalized spacial score (nSPS) is 9.00. The minimum Gasteiger partial charge on any atom is -0.382 e. The highest BCUT2D eigenvalue weighted by Gasteiger charge is 1.83. The Morgan fingerprint density at radius 1 is 1.50 bits per heavy atom. The molecule has 0 saturated heterocycles. The Kier molecular flexibility index (Phi) is 1.16. The fraction of sp³-hybridized carbons (Fsp3) is 0. The van der Waals surface area contributed by atoms with Crippen molar-refractivity contribution in [1.82, 2.24) is 9.97 Å².